The summed E-state index contributed by atoms with van der Waals surface area (Å²) in [6.45, 7) is 14.7. The smallest absolute Gasteiger partial charge is 0.269 e. The highest BCUT2D eigenvalue weighted by Crippen LogP contribution is 2.38. The molecule has 1 amide bonds. The van der Waals surface area contributed by atoms with Gasteiger partial charge in [-0.15, -0.1) is 6.58 Å². The molecule has 6 nitrogen and oxygen atoms in total. The van der Waals surface area contributed by atoms with Gasteiger partial charge in [-0.05, 0) is 37.5 Å². The van der Waals surface area contributed by atoms with Gasteiger partial charge in [-0.1, -0.05) is 19.2 Å². The Morgan fingerprint density at radius 1 is 1.38 bits per heavy atom. The number of nitrogens with zero attached hydrogens (tertiary/aromatic N) is 3. The summed E-state index contributed by atoms with van der Waals surface area (Å²) in [4.78, 5) is 26.7. The van der Waals surface area contributed by atoms with Crippen LogP contribution in [0.2, 0.25) is 0 Å². The molecule has 1 atom stereocenters. The summed E-state index contributed by atoms with van der Waals surface area (Å²) in [5.74, 6) is -0.239. The second-order valence-corrected chi connectivity index (χ2v) is 6.40. The van der Waals surface area contributed by atoms with Crippen molar-refractivity contribution in [3.05, 3.63) is 77.0 Å². The van der Waals surface area contributed by atoms with Gasteiger partial charge in [-0.2, -0.15) is 0 Å². The number of nitro groups is 1. The summed E-state index contributed by atoms with van der Waals surface area (Å²) >= 11 is 0. The van der Waals surface area contributed by atoms with Crippen molar-refractivity contribution in [2.24, 2.45) is 0 Å². The van der Waals surface area contributed by atoms with Crippen LogP contribution < -0.4 is 0 Å². The number of benzene rings is 1. The highest BCUT2D eigenvalue weighted by atomic mass is 16.6. The molecule has 26 heavy (non-hydrogen) atoms. The minimum atomic E-state index is -0.838. The number of nitro benzene ring substituents is 1. The van der Waals surface area contributed by atoms with Gasteiger partial charge in [-0.3, -0.25) is 14.9 Å². The van der Waals surface area contributed by atoms with Crippen molar-refractivity contribution in [2.75, 3.05) is 13.1 Å². The van der Waals surface area contributed by atoms with Gasteiger partial charge in [0.2, 0.25) is 7.98 Å². The number of hydrogen-bond donors (Lipinski definition) is 0. The van der Waals surface area contributed by atoms with Crippen molar-refractivity contribution in [1.29, 1.82) is 0 Å². The van der Waals surface area contributed by atoms with Crippen LogP contribution in [0.3, 0.4) is 0 Å². The fraction of sp³-hybridized carbons (Fsp3) is 0.316. The maximum Gasteiger partial charge on any atom is 0.269 e. The Labute approximate surface area is 155 Å². The van der Waals surface area contributed by atoms with Crippen molar-refractivity contribution in [2.45, 2.75) is 25.3 Å². The van der Waals surface area contributed by atoms with Crippen molar-refractivity contribution in [3.63, 3.8) is 0 Å². The third-order valence-corrected chi connectivity index (χ3v) is 4.92. The van der Waals surface area contributed by atoms with E-state index < -0.39 is 10.5 Å². The summed E-state index contributed by atoms with van der Waals surface area (Å²) in [5, 5.41) is 10.8. The van der Waals surface area contributed by atoms with Gasteiger partial charge in [-0.25, -0.2) is 0 Å². The van der Waals surface area contributed by atoms with Crippen LogP contribution in [0.5, 0.6) is 0 Å². The van der Waals surface area contributed by atoms with E-state index in [1.807, 2.05) is 6.92 Å². The number of amides is 1. The number of piperazine rings is 1. The predicted molar refractivity (Wildman–Crippen MR) is 103 cm³/mol. The molecule has 7 heteroatoms. The second-order valence-electron chi connectivity index (χ2n) is 6.40. The van der Waals surface area contributed by atoms with E-state index in [2.05, 4.69) is 19.7 Å². The number of carbonyl (C=O) groups is 1. The molecule has 1 aliphatic rings. The average Bonchev–Trinajstić information content (AvgIpc) is 2.63. The van der Waals surface area contributed by atoms with Crippen LogP contribution in [0, 0.1) is 10.1 Å². The van der Waals surface area contributed by atoms with Crippen molar-refractivity contribution in [3.8, 4) is 0 Å². The lowest BCUT2D eigenvalue weighted by atomic mass is 9.81. The number of hydrogen-bond acceptors (Lipinski definition) is 4. The van der Waals surface area contributed by atoms with Crippen molar-refractivity contribution in [1.82, 2.24) is 9.71 Å². The van der Waals surface area contributed by atoms with Gasteiger partial charge in [0, 0.05) is 36.5 Å². The lowest BCUT2D eigenvalue weighted by Crippen LogP contribution is -2.61. The summed E-state index contributed by atoms with van der Waals surface area (Å²) < 4.78 is 0. The maximum atomic E-state index is 13.1. The van der Waals surface area contributed by atoms with Gasteiger partial charge in [0.15, 0.2) is 0 Å². The molecule has 1 aromatic rings. The van der Waals surface area contributed by atoms with Crippen LogP contribution in [0.1, 0.15) is 30.1 Å². The number of allylic oxidation sites excluding steroid dienone is 1. The zero-order valence-electron chi connectivity index (χ0n) is 15.0. The van der Waals surface area contributed by atoms with E-state index >= 15 is 0 Å². The Morgan fingerprint density at radius 3 is 2.54 bits per heavy atom. The van der Waals surface area contributed by atoms with E-state index in [0.717, 1.165) is 12.0 Å². The first-order valence-corrected chi connectivity index (χ1v) is 8.30. The number of carbonyl (C=O) groups excluding carboxylic acids is 1. The van der Waals surface area contributed by atoms with Gasteiger partial charge in [0.25, 0.3) is 11.6 Å². The molecular formula is C19H22BN3O3. The van der Waals surface area contributed by atoms with Crippen LogP contribution in [-0.4, -0.2) is 47.2 Å². The molecule has 0 saturated carbocycles. The molecule has 1 saturated heterocycles. The van der Waals surface area contributed by atoms with E-state index in [0.29, 0.717) is 30.8 Å². The average molecular weight is 351 g/mol. The van der Waals surface area contributed by atoms with E-state index in [9.17, 15) is 14.9 Å². The van der Waals surface area contributed by atoms with E-state index in [4.69, 9.17) is 7.98 Å². The van der Waals surface area contributed by atoms with Crippen LogP contribution in [-0.2, 0) is 0 Å². The quantitative estimate of drug-likeness (QED) is 0.342. The molecule has 2 radical (unpaired) electrons. The third kappa shape index (κ3) is 3.42. The van der Waals surface area contributed by atoms with Crippen molar-refractivity contribution < 1.29 is 9.72 Å². The number of non-ortho nitro benzene ring substituents is 1. The second kappa shape index (κ2) is 7.60. The molecular weight excluding hydrogens is 329 g/mol. The first-order chi connectivity index (χ1) is 12.2. The Morgan fingerprint density at radius 2 is 2.00 bits per heavy atom. The van der Waals surface area contributed by atoms with Crippen molar-refractivity contribution >= 4 is 19.6 Å². The minimum Gasteiger partial charge on any atom is -0.425 e. The van der Waals surface area contributed by atoms with Crippen LogP contribution in [0.15, 0.2) is 61.3 Å². The molecule has 0 aromatic heterocycles. The van der Waals surface area contributed by atoms with E-state index in [1.165, 1.54) is 24.3 Å². The summed E-state index contributed by atoms with van der Waals surface area (Å²) in [6.07, 6.45) is 3.17. The Bertz CT molecular complexity index is 760. The lowest BCUT2D eigenvalue weighted by Gasteiger charge is -2.51. The fourth-order valence-corrected chi connectivity index (χ4v) is 3.10. The highest BCUT2D eigenvalue weighted by Gasteiger charge is 2.44. The Kier molecular flexibility index (Phi) is 5.70. The molecule has 1 aliphatic heterocycles. The zero-order valence-corrected chi connectivity index (χ0v) is 15.0. The molecule has 1 unspecified atom stereocenters. The molecule has 1 aromatic carbocycles. The van der Waals surface area contributed by atoms with Gasteiger partial charge in [0.1, 0.15) is 0 Å². The highest BCUT2D eigenvalue weighted by molar-refractivity contribution is 6.06. The summed E-state index contributed by atoms with van der Waals surface area (Å²) in [6, 6.07) is 5.58. The topological polar surface area (TPSA) is 66.7 Å². The third-order valence-electron chi connectivity index (χ3n) is 4.92. The first kappa shape index (κ1) is 19.5. The monoisotopic (exact) mass is 351 g/mol. The summed E-state index contributed by atoms with van der Waals surface area (Å²) in [5.41, 5.74) is 0.878. The Hall–Kier alpha value is -2.83. The molecule has 1 heterocycles. The largest absolute Gasteiger partial charge is 0.425 e. The van der Waals surface area contributed by atoms with Crippen LogP contribution in [0.25, 0.3) is 0 Å². The molecule has 2 rings (SSSR count). The number of rotatable bonds is 6. The van der Waals surface area contributed by atoms with Crippen LogP contribution in [0.4, 0.5) is 5.69 Å². The Balaban J connectivity index is 2.38. The van der Waals surface area contributed by atoms with E-state index in [1.54, 1.807) is 15.8 Å². The molecule has 0 N–H and O–H groups in total. The lowest BCUT2D eigenvalue weighted by molar-refractivity contribution is -0.384. The standard InChI is InChI=1S/C19H22BN3O3/c1-5-6-7-14(2)19(4)15(3)22(20)13-12-21(19)18(24)16-8-10-17(11-9-16)23(25)26/h5,8-11H,1-3,6-7,12-13H2,4H3. The van der Waals surface area contributed by atoms with Gasteiger partial charge < -0.3 is 9.71 Å². The molecule has 0 spiro atoms. The van der Waals surface area contributed by atoms with Gasteiger partial charge in [0.05, 0.1) is 10.5 Å². The zero-order chi connectivity index (χ0) is 19.5. The molecule has 1 fully saturated rings. The molecule has 0 aliphatic carbocycles. The SMILES string of the molecule is [B]N1CCN(C(=O)c2ccc([N+](=O)[O-])cc2)C(C)(C(=C)CCC=C)C1=C. The van der Waals surface area contributed by atoms with Crippen LogP contribution >= 0.6 is 0 Å². The minimum absolute atomic E-state index is 0.0594. The predicted octanol–water partition coefficient (Wildman–Crippen LogP) is 3.23. The normalized spacial score (nSPS) is 20.0. The molecule has 134 valence electrons. The fourth-order valence-electron chi connectivity index (χ4n) is 3.10. The summed E-state index contributed by atoms with van der Waals surface area (Å²) in [7, 11) is 6.03. The van der Waals surface area contributed by atoms with Gasteiger partial charge >= 0.3 is 0 Å². The maximum absolute atomic E-state index is 13.1. The first-order valence-electron chi connectivity index (χ1n) is 8.30. The van der Waals surface area contributed by atoms with E-state index in [-0.39, 0.29) is 11.6 Å². The molecule has 0 bridgehead atoms.